The summed E-state index contributed by atoms with van der Waals surface area (Å²) in [4.78, 5) is 22.6. The summed E-state index contributed by atoms with van der Waals surface area (Å²) in [5.74, 6) is 0.731. The van der Waals surface area contributed by atoms with E-state index in [1.54, 1.807) is 11.3 Å². The first-order valence-electron chi connectivity index (χ1n) is 12.8. The third-order valence-corrected chi connectivity index (χ3v) is 7.61. The number of esters is 1. The van der Waals surface area contributed by atoms with Gasteiger partial charge >= 0.3 is 5.97 Å². The highest BCUT2D eigenvalue weighted by atomic mass is 32.1. The minimum absolute atomic E-state index is 0.0875. The molecule has 188 valence electrons. The number of rotatable bonds is 11. The van der Waals surface area contributed by atoms with E-state index in [1.165, 1.54) is 23.3 Å². The summed E-state index contributed by atoms with van der Waals surface area (Å²) < 4.78 is 11.2. The molecule has 6 nitrogen and oxygen atoms in total. The summed E-state index contributed by atoms with van der Waals surface area (Å²) in [5.41, 5.74) is 2.37. The Kier molecular flexibility index (Phi) is 9.51. The lowest BCUT2D eigenvalue weighted by Crippen LogP contribution is -2.45. The van der Waals surface area contributed by atoms with Crippen LogP contribution in [0.5, 0.6) is 10.9 Å². The smallest absolute Gasteiger partial charge is 0.305 e. The molecule has 1 fully saturated rings. The van der Waals surface area contributed by atoms with Gasteiger partial charge in [0.15, 0.2) is 0 Å². The third-order valence-electron chi connectivity index (χ3n) is 6.67. The first-order valence-corrected chi connectivity index (χ1v) is 13.6. The van der Waals surface area contributed by atoms with E-state index in [0.29, 0.717) is 24.3 Å². The van der Waals surface area contributed by atoms with Crippen molar-refractivity contribution in [3.8, 4) is 10.9 Å². The summed E-state index contributed by atoms with van der Waals surface area (Å²) in [6.07, 6.45) is 13.9. The number of nitrogens with zero attached hydrogens (tertiary/aromatic N) is 3. The molecule has 2 aromatic rings. The van der Waals surface area contributed by atoms with Crippen molar-refractivity contribution in [3.05, 3.63) is 58.6 Å². The Labute approximate surface area is 213 Å². The number of allylic oxidation sites excluding steroid dienone is 3. The number of thiazole rings is 1. The third kappa shape index (κ3) is 7.75. The van der Waals surface area contributed by atoms with Gasteiger partial charge in [-0.15, -0.1) is 0 Å². The Morgan fingerprint density at radius 2 is 1.97 bits per heavy atom. The van der Waals surface area contributed by atoms with E-state index in [2.05, 4.69) is 52.2 Å². The zero-order chi connectivity index (χ0) is 24.5. The largest absolute Gasteiger partial charge is 0.466 e. The number of carbonyl (C=O) groups excluding carboxylic acids is 1. The molecule has 2 aliphatic rings. The number of aromatic nitrogens is 1. The highest BCUT2D eigenvalue weighted by Gasteiger charge is 2.23. The van der Waals surface area contributed by atoms with Gasteiger partial charge in [0.1, 0.15) is 5.75 Å². The predicted molar refractivity (Wildman–Crippen MR) is 142 cm³/mol. The second kappa shape index (κ2) is 13.0. The summed E-state index contributed by atoms with van der Waals surface area (Å²) >= 11 is 1.59. The molecular weight excluding hydrogens is 458 g/mol. The molecular formula is C28H37N3O3S. The molecule has 0 N–H and O–H groups in total. The maximum Gasteiger partial charge on any atom is 0.305 e. The zero-order valence-electron chi connectivity index (χ0n) is 20.9. The fourth-order valence-electron chi connectivity index (χ4n) is 4.66. The molecule has 1 saturated heterocycles. The lowest BCUT2D eigenvalue weighted by Gasteiger charge is -2.37. The van der Waals surface area contributed by atoms with E-state index in [4.69, 9.17) is 9.47 Å². The van der Waals surface area contributed by atoms with Crippen molar-refractivity contribution in [1.29, 1.82) is 0 Å². The number of hydrogen-bond acceptors (Lipinski definition) is 7. The molecule has 0 radical (unpaired) electrons. The standard InChI is InChI=1S/C28H37N3O3S/c1-3-33-27(32)10-7-18-31(23-16-19-30(2)20-17-23)21-15-22-11-13-24(14-12-22)34-28-29-25-8-5-4-6-9-26(25)35-28/h4-6,9,11-14,23H,3,7-8,10,15-21H2,1-2H3. The van der Waals surface area contributed by atoms with Crippen LogP contribution in [0.2, 0.25) is 0 Å². The quantitative estimate of drug-likeness (QED) is 0.392. The summed E-state index contributed by atoms with van der Waals surface area (Å²) in [7, 11) is 2.20. The van der Waals surface area contributed by atoms with Crippen LogP contribution in [0.15, 0.2) is 42.5 Å². The molecule has 1 aromatic carbocycles. The number of hydrogen-bond donors (Lipinski definition) is 0. The van der Waals surface area contributed by atoms with Gasteiger partial charge in [0.2, 0.25) is 0 Å². The van der Waals surface area contributed by atoms with E-state index >= 15 is 0 Å². The molecule has 35 heavy (non-hydrogen) atoms. The second-order valence-corrected chi connectivity index (χ2v) is 10.3. The van der Waals surface area contributed by atoms with Crippen molar-refractivity contribution < 1.29 is 14.3 Å². The molecule has 0 amide bonds. The van der Waals surface area contributed by atoms with E-state index in [-0.39, 0.29) is 5.97 Å². The Morgan fingerprint density at radius 3 is 2.74 bits per heavy atom. The molecule has 0 saturated carbocycles. The average molecular weight is 496 g/mol. The predicted octanol–water partition coefficient (Wildman–Crippen LogP) is 5.34. The van der Waals surface area contributed by atoms with E-state index in [9.17, 15) is 4.79 Å². The van der Waals surface area contributed by atoms with Gasteiger partial charge in [0.05, 0.1) is 17.2 Å². The van der Waals surface area contributed by atoms with Crippen LogP contribution in [0.1, 0.15) is 48.7 Å². The molecule has 7 heteroatoms. The average Bonchev–Trinajstić information content (AvgIpc) is 3.10. The van der Waals surface area contributed by atoms with E-state index in [0.717, 1.165) is 56.9 Å². The topological polar surface area (TPSA) is 54.9 Å². The van der Waals surface area contributed by atoms with Crippen molar-refractivity contribution in [2.45, 2.75) is 51.5 Å². The highest BCUT2D eigenvalue weighted by molar-refractivity contribution is 7.14. The normalized spacial score (nSPS) is 16.3. The van der Waals surface area contributed by atoms with Gasteiger partial charge in [-0.1, -0.05) is 41.7 Å². The van der Waals surface area contributed by atoms with Gasteiger partial charge in [0.25, 0.3) is 5.19 Å². The van der Waals surface area contributed by atoms with Crippen LogP contribution >= 0.6 is 11.3 Å². The Hall–Kier alpha value is -2.48. The fraction of sp³-hybridized carbons (Fsp3) is 0.500. The Morgan fingerprint density at radius 1 is 1.17 bits per heavy atom. The van der Waals surface area contributed by atoms with Gasteiger partial charge in [-0.3, -0.25) is 9.69 Å². The lowest BCUT2D eigenvalue weighted by molar-refractivity contribution is -0.143. The van der Waals surface area contributed by atoms with Crippen LogP contribution in [0.4, 0.5) is 0 Å². The molecule has 1 aliphatic carbocycles. The van der Waals surface area contributed by atoms with Crippen LogP contribution in [-0.4, -0.2) is 66.6 Å². The maximum absolute atomic E-state index is 11.8. The van der Waals surface area contributed by atoms with Crippen LogP contribution < -0.4 is 4.74 Å². The first kappa shape index (κ1) is 25.6. The molecule has 1 aliphatic heterocycles. The minimum atomic E-state index is -0.0875. The number of ether oxygens (including phenoxy) is 2. The van der Waals surface area contributed by atoms with Gasteiger partial charge in [0, 0.05) is 25.4 Å². The highest BCUT2D eigenvalue weighted by Crippen LogP contribution is 2.31. The number of carbonyl (C=O) groups is 1. The Balaban J connectivity index is 1.30. The number of piperidine rings is 1. The molecule has 4 rings (SSSR count). The van der Waals surface area contributed by atoms with Crippen molar-refractivity contribution >= 4 is 23.4 Å². The number of fused-ring (bicyclic) bond motifs is 1. The minimum Gasteiger partial charge on any atom is -0.466 e. The van der Waals surface area contributed by atoms with Crippen molar-refractivity contribution in [1.82, 2.24) is 14.8 Å². The lowest BCUT2D eigenvalue weighted by atomic mass is 10.0. The van der Waals surface area contributed by atoms with Crippen LogP contribution in [0.3, 0.4) is 0 Å². The summed E-state index contributed by atoms with van der Waals surface area (Å²) in [6, 6.07) is 8.97. The summed E-state index contributed by atoms with van der Waals surface area (Å²) in [6.45, 7) is 6.52. The molecule has 0 spiro atoms. The van der Waals surface area contributed by atoms with Gasteiger partial charge in [-0.2, -0.15) is 0 Å². The molecule has 0 bridgehead atoms. The molecule has 0 unspecified atom stereocenters. The van der Waals surface area contributed by atoms with Crippen molar-refractivity contribution in [3.63, 3.8) is 0 Å². The molecule has 2 heterocycles. The SMILES string of the molecule is CCOC(=O)CCCN(CCc1ccc(Oc2nc3c(s2)C=CC=CC3)cc1)C1CCN(C)CC1. The number of likely N-dealkylation sites (tertiary alicyclic amines) is 1. The van der Waals surface area contributed by atoms with Crippen molar-refractivity contribution in [2.75, 3.05) is 39.8 Å². The van der Waals surface area contributed by atoms with Gasteiger partial charge < -0.3 is 14.4 Å². The Bertz CT molecular complexity index is 1010. The monoisotopic (exact) mass is 495 g/mol. The van der Waals surface area contributed by atoms with Crippen LogP contribution in [0, 0.1) is 0 Å². The molecule has 0 atom stereocenters. The molecule has 1 aromatic heterocycles. The second-order valence-electron chi connectivity index (χ2n) is 9.26. The zero-order valence-corrected chi connectivity index (χ0v) is 21.8. The van der Waals surface area contributed by atoms with Gasteiger partial charge in [-0.25, -0.2) is 4.98 Å². The fourth-order valence-corrected chi connectivity index (χ4v) is 5.53. The van der Waals surface area contributed by atoms with E-state index < -0.39 is 0 Å². The van der Waals surface area contributed by atoms with Crippen LogP contribution in [0.25, 0.3) is 6.08 Å². The van der Waals surface area contributed by atoms with Crippen LogP contribution in [-0.2, 0) is 22.4 Å². The number of benzene rings is 1. The maximum atomic E-state index is 11.8. The summed E-state index contributed by atoms with van der Waals surface area (Å²) in [5, 5.41) is 0.692. The van der Waals surface area contributed by atoms with E-state index in [1.807, 2.05) is 25.1 Å². The van der Waals surface area contributed by atoms with Crippen molar-refractivity contribution in [2.24, 2.45) is 0 Å². The first-order chi connectivity index (χ1) is 17.1. The van der Waals surface area contributed by atoms with Gasteiger partial charge in [-0.05, 0) is 83.1 Å².